The minimum absolute atomic E-state index is 0.0651. The number of hydrogen-bond donors (Lipinski definition) is 2. The van der Waals surface area contributed by atoms with Gasteiger partial charge in [0, 0.05) is 24.2 Å². The molecule has 0 bridgehead atoms. The number of aliphatic carboxylic acids is 1. The van der Waals surface area contributed by atoms with Gasteiger partial charge in [0.15, 0.2) is 0 Å². The molecular formula is C20H28N2O4. The first kappa shape index (κ1) is 19.9. The van der Waals surface area contributed by atoms with E-state index in [0.29, 0.717) is 36.6 Å². The average Bonchev–Trinajstić information content (AvgIpc) is 2.65. The Morgan fingerprint density at radius 1 is 1.23 bits per heavy atom. The van der Waals surface area contributed by atoms with E-state index in [0.717, 1.165) is 25.7 Å². The number of benzene rings is 1. The Bertz CT molecular complexity index is 655. The lowest BCUT2D eigenvalue weighted by molar-refractivity contribution is -0.143. The molecule has 1 saturated heterocycles. The molecule has 2 N–H and O–H groups in total. The average molecular weight is 360 g/mol. The van der Waals surface area contributed by atoms with Gasteiger partial charge in [-0.15, -0.1) is 0 Å². The predicted octanol–water partition coefficient (Wildman–Crippen LogP) is 3.53. The number of carboxylic acids is 1. The SMILES string of the molecule is CCC(CC)CC(=O)Nc1cccc(C(=O)N2CCCCC2C(=O)O)c1. The van der Waals surface area contributed by atoms with Crippen molar-refractivity contribution in [3.8, 4) is 0 Å². The van der Waals surface area contributed by atoms with E-state index >= 15 is 0 Å². The molecule has 1 atom stereocenters. The van der Waals surface area contributed by atoms with E-state index in [-0.39, 0.29) is 11.8 Å². The number of carbonyl (C=O) groups is 3. The first-order valence-corrected chi connectivity index (χ1v) is 9.39. The highest BCUT2D eigenvalue weighted by Gasteiger charge is 2.32. The van der Waals surface area contributed by atoms with Crippen molar-refractivity contribution in [2.75, 3.05) is 11.9 Å². The molecular weight excluding hydrogens is 332 g/mol. The van der Waals surface area contributed by atoms with E-state index < -0.39 is 12.0 Å². The highest BCUT2D eigenvalue weighted by atomic mass is 16.4. The van der Waals surface area contributed by atoms with Crippen LogP contribution in [0.2, 0.25) is 0 Å². The van der Waals surface area contributed by atoms with Gasteiger partial charge in [0.05, 0.1) is 0 Å². The van der Waals surface area contributed by atoms with Crippen molar-refractivity contribution in [2.24, 2.45) is 5.92 Å². The van der Waals surface area contributed by atoms with E-state index in [9.17, 15) is 19.5 Å². The van der Waals surface area contributed by atoms with Crippen LogP contribution in [0.4, 0.5) is 5.69 Å². The summed E-state index contributed by atoms with van der Waals surface area (Å²) in [6, 6.07) is 5.96. The zero-order chi connectivity index (χ0) is 19.1. The number of amides is 2. The molecule has 26 heavy (non-hydrogen) atoms. The molecule has 2 rings (SSSR count). The van der Waals surface area contributed by atoms with Gasteiger partial charge in [0.1, 0.15) is 6.04 Å². The molecule has 1 aliphatic rings. The van der Waals surface area contributed by atoms with Crippen molar-refractivity contribution >= 4 is 23.5 Å². The highest BCUT2D eigenvalue weighted by molar-refractivity contribution is 5.99. The van der Waals surface area contributed by atoms with Crippen LogP contribution in [0.25, 0.3) is 0 Å². The molecule has 0 aromatic heterocycles. The molecule has 1 aromatic carbocycles. The molecule has 2 amide bonds. The van der Waals surface area contributed by atoms with Crippen LogP contribution < -0.4 is 5.32 Å². The summed E-state index contributed by atoms with van der Waals surface area (Å²) in [5, 5.41) is 12.2. The molecule has 0 saturated carbocycles. The van der Waals surface area contributed by atoms with Crippen LogP contribution in [0.1, 0.15) is 62.7 Å². The van der Waals surface area contributed by atoms with Crippen LogP contribution in [-0.2, 0) is 9.59 Å². The zero-order valence-corrected chi connectivity index (χ0v) is 15.5. The van der Waals surface area contributed by atoms with Crippen molar-refractivity contribution in [3.05, 3.63) is 29.8 Å². The fourth-order valence-corrected chi connectivity index (χ4v) is 3.38. The largest absolute Gasteiger partial charge is 0.480 e. The van der Waals surface area contributed by atoms with E-state index in [4.69, 9.17) is 0 Å². The third kappa shape index (κ3) is 5.07. The summed E-state index contributed by atoms with van der Waals surface area (Å²) in [7, 11) is 0. The monoisotopic (exact) mass is 360 g/mol. The van der Waals surface area contributed by atoms with Gasteiger partial charge in [-0.25, -0.2) is 4.79 Å². The van der Waals surface area contributed by atoms with E-state index in [2.05, 4.69) is 19.2 Å². The van der Waals surface area contributed by atoms with E-state index in [1.54, 1.807) is 24.3 Å². The molecule has 0 radical (unpaired) electrons. The fraction of sp³-hybridized carbons (Fsp3) is 0.550. The van der Waals surface area contributed by atoms with Crippen molar-refractivity contribution in [1.29, 1.82) is 0 Å². The Labute approximate surface area is 154 Å². The first-order valence-electron chi connectivity index (χ1n) is 9.39. The summed E-state index contributed by atoms with van der Waals surface area (Å²) in [4.78, 5) is 37.8. The summed E-state index contributed by atoms with van der Waals surface area (Å²) in [5.41, 5.74) is 0.967. The topological polar surface area (TPSA) is 86.7 Å². The number of rotatable bonds is 7. The summed E-state index contributed by atoms with van der Waals surface area (Å²) in [6.45, 7) is 4.58. The minimum atomic E-state index is -0.965. The van der Waals surface area contributed by atoms with Crippen molar-refractivity contribution in [3.63, 3.8) is 0 Å². The standard InChI is InChI=1S/C20H28N2O4/c1-3-14(4-2)12-18(23)21-16-9-7-8-15(13-16)19(24)22-11-6-5-10-17(22)20(25)26/h7-9,13-14,17H,3-6,10-12H2,1-2H3,(H,21,23)(H,25,26). The number of nitrogens with zero attached hydrogens (tertiary/aromatic N) is 1. The Balaban J connectivity index is 2.09. The van der Waals surface area contributed by atoms with Crippen LogP contribution in [0.15, 0.2) is 24.3 Å². The Morgan fingerprint density at radius 3 is 2.62 bits per heavy atom. The second-order valence-corrected chi connectivity index (χ2v) is 6.86. The lowest BCUT2D eigenvalue weighted by atomic mass is 9.99. The third-order valence-electron chi connectivity index (χ3n) is 5.07. The minimum Gasteiger partial charge on any atom is -0.480 e. The fourth-order valence-electron chi connectivity index (χ4n) is 3.38. The van der Waals surface area contributed by atoms with Gasteiger partial charge in [-0.2, -0.15) is 0 Å². The maximum Gasteiger partial charge on any atom is 0.326 e. The number of carboxylic acid groups (broad SMARTS) is 1. The Morgan fingerprint density at radius 2 is 1.96 bits per heavy atom. The quantitative estimate of drug-likeness (QED) is 0.779. The molecule has 142 valence electrons. The number of nitrogens with one attached hydrogen (secondary N) is 1. The first-order chi connectivity index (χ1) is 12.5. The van der Waals surface area contributed by atoms with Crippen LogP contribution in [0, 0.1) is 5.92 Å². The van der Waals surface area contributed by atoms with E-state index in [1.165, 1.54) is 4.90 Å². The summed E-state index contributed by atoms with van der Waals surface area (Å²) >= 11 is 0. The van der Waals surface area contributed by atoms with Gasteiger partial charge >= 0.3 is 5.97 Å². The molecule has 1 unspecified atom stereocenters. The van der Waals surface area contributed by atoms with Gasteiger partial charge in [-0.3, -0.25) is 9.59 Å². The van der Waals surface area contributed by atoms with Crippen LogP contribution in [0.5, 0.6) is 0 Å². The number of carbonyl (C=O) groups excluding carboxylic acids is 2. The number of anilines is 1. The number of likely N-dealkylation sites (tertiary alicyclic amines) is 1. The van der Waals surface area contributed by atoms with Gasteiger partial charge in [0.2, 0.25) is 5.91 Å². The normalized spacial score (nSPS) is 17.2. The molecule has 1 aromatic rings. The second kappa shape index (κ2) is 9.36. The van der Waals surface area contributed by atoms with Crippen LogP contribution >= 0.6 is 0 Å². The molecule has 1 fully saturated rings. The summed E-state index contributed by atoms with van der Waals surface area (Å²) < 4.78 is 0. The third-order valence-corrected chi connectivity index (χ3v) is 5.07. The molecule has 0 aliphatic carbocycles. The Hall–Kier alpha value is -2.37. The van der Waals surface area contributed by atoms with Crippen LogP contribution in [-0.4, -0.2) is 40.4 Å². The Kier molecular flexibility index (Phi) is 7.18. The molecule has 6 nitrogen and oxygen atoms in total. The van der Waals surface area contributed by atoms with Crippen molar-refractivity contribution < 1.29 is 19.5 Å². The number of piperidine rings is 1. The van der Waals surface area contributed by atoms with Gasteiger partial charge < -0.3 is 15.3 Å². The van der Waals surface area contributed by atoms with Crippen LogP contribution in [0.3, 0.4) is 0 Å². The lowest BCUT2D eigenvalue weighted by Crippen LogP contribution is -2.48. The maximum absolute atomic E-state index is 12.8. The van der Waals surface area contributed by atoms with Gasteiger partial charge in [0.25, 0.3) is 5.91 Å². The molecule has 0 spiro atoms. The van der Waals surface area contributed by atoms with E-state index in [1.807, 2.05) is 0 Å². The molecule has 1 heterocycles. The van der Waals surface area contributed by atoms with Gasteiger partial charge in [-0.1, -0.05) is 32.8 Å². The number of hydrogen-bond acceptors (Lipinski definition) is 3. The summed E-state index contributed by atoms with van der Waals surface area (Å²) in [5.74, 6) is -0.977. The predicted molar refractivity (Wildman–Crippen MR) is 100 cm³/mol. The molecule has 6 heteroatoms. The lowest BCUT2D eigenvalue weighted by Gasteiger charge is -2.33. The smallest absolute Gasteiger partial charge is 0.326 e. The second-order valence-electron chi connectivity index (χ2n) is 6.86. The molecule has 1 aliphatic heterocycles. The van der Waals surface area contributed by atoms with Crippen molar-refractivity contribution in [1.82, 2.24) is 4.90 Å². The zero-order valence-electron chi connectivity index (χ0n) is 15.5. The van der Waals surface area contributed by atoms with Crippen molar-refractivity contribution in [2.45, 2.75) is 58.4 Å². The highest BCUT2D eigenvalue weighted by Crippen LogP contribution is 2.22. The maximum atomic E-state index is 12.8. The van der Waals surface area contributed by atoms with Gasteiger partial charge in [-0.05, 0) is 43.4 Å². The summed E-state index contributed by atoms with van der Waals surface area (Å²) in [6.07, 6.45) is 4.46.